The number of piperidine rings is 1. The van der Waals surface area contributed by atoms with Gasteiger partial charge in [0.2, 0.25) is 5.91 Å². The Kier molecular flexibility index (Phi) is 7.20. The molecule has 1 amide bonds. The van der Waals surface area contributed by atoms with Gasteiger partial charge in [0.25, 0.3) is 0 Å². The third-order valence-electron chi connectivity index (χ3n) is 12.2. The van der Waals surface area contributed by atoms with Gasteiger partial charge in [0, 0.05) is 19.5 Å². The van der Waals surface area contributed by atoms with Gasteiger partial charge in [-0.2, -0.15) is 0 Å². The van der Waals surface area contributed by atoms with E-state index in [1.165, 1.54) is 38.5 Å². The van der Waals surface area contributed by atoms with Crippen molar-refractivity contribution in [1.82, 2.24) is 4.90 Å². The maximum absolute atomic E-state index is 13.0. The van der Waals surface area contributed by atoms with Gasteiger partial charge in [-0.25, -0.2) is 0 Å². The molecule has 35 heavy (non-hydrogen) atoms. The van der Waals surface area contributed by atoms with Crippen LogP contribution in [0.15, 0.2) is 11.6 Å². The quantitative estimate of drug-likeness (QED) is 0.472. The predicted molar refractivity (Wildman–Crippen MR) is 141 cm³/mol. The van der Waals surface area contributed by atoms with Crippen molar-refractivity contribution in [2.75, 3.05) is 13.1 Å². The van der Waals surface area contributed by atoms with Crippen molar-refractivity contribution in [3.8, 4) is 0 Å². The SMILES string of the molecule is CC(O)C1CCN(C(=O)CCC(C)[C@H]2CC[C@H]3[C@@H]4CC=C5C[C@@H](O)CC[C@]5(C)[C@H]4CC[C@]23C)CC1. The third kappa shape index (κ3) is 4.54. The van der Waals surface area contributed by atoms with E-state index >= 15 is 0 Å². The van der Waals surface area contributed by atoms with Gasteiger partial charge in [-0.3, -0.25) is 4.79 Å². The Bertz CT molecular complexity index is 814. The van der Waals surface area contributed by atoms with Gasteiger partial charge in [0.15, 0.2) is 0 Å². The first-order valence-electron chi connectivity index (χ1n) is 15.0. The molecule has 0 aromatic carbocycles. The summed E-state index contributed by atoms with van der Waals surface area (Å²) in [6.07, 6.45) is 15.5. The summed E-state index contributed by atoms with van der Waals surface area (Å²) >= 11 is 0. The Morgan fingerprint density at radius 3 is 2.51 bits per heavy atom. The highest BCUT2D eigenvalue weighted by Gasteiger charge is 2.59. The average molecular weight is 486 g/mol. The second-order valence-corrected chi connectivity index (χ2v) is 13.9. The normalized spacial score (nSPS) is 43.5. The number of hydrogen-bond donors (Lipinski definition) is 2. The zero-order valence-electron chi connectivity index (χ0n) is 22.8. The number of likely N-dealkylation sites (tertiary alicyclic amines) is 1. The van der Waals surface area contributed by atoms with E-state index in [4.69, 9.17) is 0 Å². The molecule has 4 nitrogen and oxygen atoms in total. The smallest absolute Gasteiger partial charge is 0.222 e. The molecule has 4 fully saturated rings. The van der Waals surface area contributed by atoms with Crippen LogP contribution in [-0.4, -0.2) is 46.3 Å². The summed E-state index contributed by atoms with van der Waals surface area (Å²) < 4.78 is 0. The fourth-order valence-corrected chi connectivity index (χ4v) is 9.96. The van der Waals surface area contributed by atoms with Gasteiger partial charge in [-0.1, -0.05) is 32.4 Å². The minimum atomic E-state index is -0.253. The van der Waals surface area contributed by atoms with Crippen LogP contribution in [-0.2, 0) is 4.79 Å². The number of aliphatic hydroxyl groups excluding tert-OH is 2. The molecular weight excluding hydrogens is 434 g/mol. The summed E-state index contributed by atoms with van der Waals surface area (Å²) in [6.45, 7) is 11.1. The van der Waals surface area contributed by atoms with Crippen LogP contribution in [0.25, 0.3) is 0 Å². The number of rotatable bonds is 5. The molecule has 0 aromatic rings. The standard InChI is InChI=1S/C31H51NO3/c1-20(5-10-29(35)32-17-13-22(14-18-32)21(2)33)26-8-9-27-25-7-6-23-19-24(34)11-15-30(23,3)28(25)12-16-31(26,27)4/h6,20-22,24-28,33-34H,5,7-19H2,1-4H3/t20?,21?,24-,25-,26+,27-,28-,30-,31+/m0/s1. The minimum Gasteiger partial charge on any atom is -0.393 e. The van der Waals surface area contributed by atoms with Gasteiger partial charge in [0.1, 0.15) is 0 Å². The van der Waals surface area contributed by atoms with Crippen LogP contribution in [0.5, 0.6) is 0 Å². The summed E-state index contributed by atoms with van der Waals surface area (Å²) in [7, 11) is 0. The maximum Gasteiger partial charge on any atom is 0.222 e. The van der Waals surface area contributed by atoms with Crippen molar-refractivity contribution in [2.24, 2.45) is 46.3 Å². The summed E-state index contributed by atoms with van der Waals surface area (Å²) in [4.78, 5) is 15.0. The molecule has 1 aliphatic heterocycles. The first kappa shape index (κ1) is 25.8. The number of amides is 1. The molecule has 5 rings (SSSR count). The average Bonchev–Trinajstić information content (AvgIpc) is 3.20. The molecule has 1 saturated heterocycles. The molecule has 2 unspecified atom stereocenters. The number of fused-ring (bicyclic) bond motifs is 5. The molecule has 1 heterocycles. The van der Waals surface area contributed by atoms with Crippen LogP contribution < -0.4 is 0 Å². The lowest BCUT2D eigenvalue weighted by atomic mass is 9.47. The highest BCUT2D eigenvalue weighted by molar-refractivity contribution is 5.76. The summed E-state index contributed by atoms with van der Waals surface area (Å²) in [5.74, 6) is 4.48. The first-order chi connectivity index (χ1) is 16.6. The Labute approximate surface area is 213 Å². The Morgan fingerprint density at radius 1 is 1.06 bits per heavy atom. The highest BCUT2D eigenvalue weighted by atomic mass is 16.3. The Hall–Kier alpha value is -0.870. The maximum atomic E-state index is 13.0. The van der Waals surface area contributed by atoms with E-state index in [-0.39, 0.29) is 12.2 Å². The molecule has 9 atom stereocenters. The molecule has 0 bridgehead atoms. The summed E-state index contributed by atoms with van der Waals surface area (Å²) in [6, 6.07) is 0. The molecule has 4 aliphatic carbocycles. The molecule has 3 saturated carbocycles. The van der Waals surface area contributed by atoms with E-state index in [1.54, 1.807) is 5.57 Å². The number of nitrogens with zero attached hydrogens (tertiary/aromatic N) is 1. The number of allylic oxidation sites excluding steroid dienone is 1. The van der Waals surface area contributed by atoms with Gasteiger partial charge >= 0.3 is 0 Å². The van der Waals surface area contributed by atoms with E-state index in [1.807, 2.05) is 6.92 Å². The van der Waals surface area contributed by atoms with Crippen LogP contribution >= 0.6 is 0 Å². The van der Waals surface area contributed by atoms with Crippen LogP contribution in [0.4, 0.5) is 0 Å². The predicted octanol–water partition coefficient (Wildman–Crippen LogP) is 5.96. The van der Waals surface area contributed by atoms with E-state index < -0.39 is 0 Å². The van der Waals surface area contributed by atoms with Crippen LogP contribution in [0.2, 0.25) is 0 Å². The lowest BCUT2D eigenvalue weighted by molar-refractivity contribution is -0.133. The van der Waals surface area contributed by atoms with Crippen molar-refractivity contribution in [2.45, 2.75) is 117 Å². The van der Waals surface area contributed by atoms with Gasteiger partial charge in [0.05, 0.1) is 12.2 Å². The van der Waals surface area contributed by atoms with Gasteiger partial charge in [-0.05, 0) is 124 Å². The Morgan fingerprint density at radius 2 is 1.80 bits per heavy atom. The lowest BCUT2D eigenvalue weighted by Crippen LogP contribution is -2.50. The molecule has 4 heteroatoms. The van der Waals surface area contributed by atoms with E-state index in [2.05, 4.69) is 31.7 Å². The molecule has 0 aromatic heterocycles. The summed E-state index contributed by atoms with van der Waals surface area (Å²) in [5, 5.41) is 20.1. The van der Waals surface area contributed by atoms with Crippen LogP contribution in [0, 0.1) is 46.3 Å². The zero-order valence-corrected chi connectivity index (χ0v) is 22.8. The summed E-state index contributed by atoms with van der Waals surface area (Å²) in [5.41, 5.74) is 2.32. The first-order valence-corrected chi connectivity index (χ1v) is 15.0. The second-order valence-electron chi connectivity index (χ2n) is 13.9. The molecule has 5 aliphatic rings. The minimum absolute atomic E-state index is 0.122. The largest absolute Gasteiger partial charge is 0.393 e. The third-order valence-corrected chi connectivity index (χ3v) is 12.2. The van der Waals surface area contributed by atoms with Crippen molar-refractivity contribution in [3.05, 3.63) is 11.6 Å². The Balaban J connectivity index is 1.19. The molecule has 0 spiro atoms. The molecular formula is C31H51NO3. The highest BCUT2D eigenvalue weighted by Crippen LogP contribution is 2.67. The van der Waals surface area contributed by atoms with Gasteiger partial charge in [-0.15, -0.1) is 0 Å². The fraction of sp³-hybridized carbons (Fsp3) is 0.903. The number of aliphatic hydroxyl groups is 2. The van der Waals surface area contributed by atoms with E-state index in [0.717, 1.165) is 68.9 Å². The van der Waals surface area contributed by atoms with Crippen molar-refractivity contribution < 1.29 is 15.0 Å². The molecule has 2 N–H and O–H groups in total. The van der Waals surface area contributed by atoms with Gasteiger partial charge < -0.3 is 15.1 Å². The van der Waals surface area contributed by atoms with Crippen LogP contribution in [0.1, 0.15) is 105 Å². The second kappa shape index (κ2) is 9.78. The molecule has 198 valence electrons. The van der Waals surface area contributed by atoms with Crippen LogP contribution in [0.3, 0.4) is 0 Å². The van der Waals surface area contributed by atoms with Crippen molar-refractivity contribution in [3.63, 3.8) is 0 Å². The zero-order chi connectivity index (χ0) is 25.0. The number of carbonyl (C=O) groups excluding carboxylic acids is 1. The molecule has 0 radical (unpaired) electrons. The van der Waals surface area contributed by atoms with Crippen molar-refractivity contribution >= 4 is 5.91 Å². The number of hydrogen-bond acceptors (Lipinski definition) is 3. The van der Waals surface area contributed by atoms with E-state index in [9.17, 15) is 15.0 Å². The fourth-order valence-electron chi connectivity index (χ4n) is 9.96. The number of carbonyl (C=O) groups is 1. The van der Waals surface area contributed by atoms with E-state index in [0.29, 0.717) is 35.0 Å². The monoisotopic (exact) mass is 485 g/mol. The van der Waals surface area contributed by atoms with Crippen molar-refractivity contribution in [1.29, 1.82) is 0 Å². The topological polar surface area (TPSA) is 60.8 Å². The lowest BCUT2D eigenvalue weighted by Gasteiger charge is -2.58.